The monoisotopic (exact) mass is 420 g/mol. The van der Waals surface area contributed by atoms with Crippen molar-refractivity contribution in [3.05, 3.63) is 41.0 Å². The highest BCUT2D eigenvalue weighted by atomic mass is 16.5. The predicted molar refractivity (Wildman–Crippen MR) is 106 cm³/mol. The average Bonchev–Trinajstić information content (AvgIpc) is 3.36. The molecule has 5 atom stereocenters. The highest BCUT2D eigenvalue weighted by Gasteiger charge is 2.50. The molecular weight excluding hydrogens is 392 g/mol. The third-order valence-corrected chi connectivity index (χ3v) is 6.31. The fraction of sp³-hybridized carbons (Fsp3) is 0.545. The van der Waals surface area contributed by atoms with Crippen LogP contribution in [0.5, 0.6) is 17.2 Å². The molecule has 0 amide bonds. The summed E-state index contributed by atoms with van der Waals surface area (Å²) >= 11 is 0. The van der Waals surface area contributed by atoms with Gasteiger partial charge in [0.1, 0.15) is 5.76 Å². The maximum Gasteiger partial charge on any atom is 0.200 e. The Morgan fingerprint density at radius 3 is 2.13 bits per heavy atom. The molecule has 5 unspecified atom stereocenters. The number of fused-ring (bicyclic) bond motifs is 1. The topological polar surface area (TPSA) is 95.8 Å². The quantitative estimate of drug-likeness (QED) is 0.725. The van der Waals surface area contributed by atoms with Crippen LogP contribution in [0.25, 0.3) is 0 Å². The van der Waals surface area contributed by atoms with Crippen LogP contribution < -0.4 is 9.47 Å². The Morgan fingerprint density at radius 2 is 1.53 bits per heavy atom. The number of ether oxygens (including phenoxy) is 6. The number of aliphatic hydroxyl groups is 1. The standard InChI is InChI=1S/C22H28O8/c1-25-15-5-11(6-16(26-2)19(15)23)21-13-9-30-22(14(13)10-29-21)12-7-17(27-3)20(24)18(8-12)28-4/h5-7,12-14,21-24H,8-10H2,1-4H3. The highest BCUT2D eigenvalue weighted by Crippen LogP contribution is 2.50. The Kier molecular flexibility index (Phi) is 5.71. The number of benzene rings is 1. The lowest BCUT2D eigenvalue weighted by Gasteiger charge is -2.28. The van der Waals surface area contributed by atoms with E-state index in [1.807, 2.05) is 6.08 Å². The lowest BCUT2D eigenvalue weighted by atomic mass is 9.80. The van der Waals surface area contributed by atoms with Crippen LogP contribution >= 0.6 is 0 Å². The Labute approximate surface area is 175 Å². The number of allylic oxidation sites excluding steroid dienone is 1. The lowest BCUT2D eigenvalue weighted by molar-refractivity contribution is 0.000780. The first-order chi connectivity index (χ1) is 14.5. The molecule has 8 nitrogen and oxygen atoms in total. The second kappa shape index (κ2) is 8.28. The van der Waals surface area contributed by atoms with Crippen molar-refractivity contribution in [1.29, 1.82) is 0 Å². The van der Waals surface area contributed by atoms with Crippen molar-refractivity contribution >= 4 is 0 Å². The number of aliphatic hydroxyl groups excluding tert-OH is 1. The summed E-state index contributed by atoms with van der Waals surface area (Å²) in [5, 5.41) is 20.4. The number of rotatable bonds is 6. The maximum atomic E-state index is 10.2. The zero-order valence-corrected chi connectivity index (χ0v) is 17.6. The SMILES string of the molecule is COC1=CC(C2OCC3C(c4cc(OC)c(O)c(OC)c4)OCC32)CC(OC)=C1O. The predicted octanol–water partition coefficient (Wildman–Crippen LogP) is 3.08. The van der Waals surface area contributed by atoms with Crippen LogP contribution in [0.3, 0.4) is 0 Å². The van der Waals surface area contributed by atoms with Gasteiger partial charge in [-0.25, -0.2) is 0 Å². The molecule has 8 heteroatoms. The van der Waals surface area contributed by atoms with E-state index in [1.54, 1.807) is 19.2 Å². The Balaban J connectivity index is 1.57. The summed E-state index contributed by atoms with van der Waals surface area (Å²) < 4.78 is 33.7. The molecule has 1 aromatic carbocycles. The molecule has 1 aliphatic carbocycles. The Bertz CT molecular complexity index is 836. The largest absolute Gasteiger partial charge is 0.502 e. The van der Waals surface area contributed by atoms with Crippen molar-refractivity contribution < 1.29 is 38.6 Å². The van der Waals surface area contributed by atoms with Gasteiger partial charge in [0.05, 0.1) is 53.9 Å². The molecule has 0 radical (unpaired) electrons. The van der Waals surface area contributed by atoms with Gasteiger partial charge >= 0.3 is 0 Å². The summed E-state index contributed by atoms with van der Waals surface area (Å²) in [6, 6.07) is 3.57. The van der Waals surface area contributed by atoms with Gasteiger partial charge in [-0.2, -0.15) is 0 Å². The first kappa shape index (κ1) is 20.7. The number of phenolic OH excluding ortho intramolecular Hbond substituents is 1. The van der Waals surface area contributed by atoms with Crippen LogP contribution in [-0.4, -0.2) is 58.0 Å². The van der Waals surface area contributed by atoms with E-state index in [4.69, 9.17) is 28.4 Å². The molecule has 0 spiro atoms. The van der Waals surface area contributed by atoms with E-state index in [-0.39, 0.29) is 41.5 Å². The van der Waals surface area contributed by atoms with E-state index in [1.165, 1.54) is 21.3 Å². The highest BCUT2D eigenvalue weighted by molar-refractivity contribution is 5.53. The van der Waals surface area contributed by atoms with Crippen molar-refractivity contribution in [3.63, 3.8) is 0 Å². The van der Waals surface area contributed by atoms with Gasteiger partial charge in [-0.3, -0.25) is 0 Å². The van der Waals surface area contributed by atoms with Gasteiger partial charge in [-0.1, -0.05) is 0 Å². The summed E-state index contributed by atoms with van der Waals surface area (Å²) in [5.41, 5.74) is 0.880. The lowest BCUT2D eigenvalue weighted by Crippen LogP contribution is -2.30. The van der Waals surface area contributed by atoms with Crippen molar-refractivity contribution in [2.45, 2.75) is 18.6 Å². The van der Waals surface area contributed by atoms with Crippen molar-refractivity contribution in [3.8, 4) is 17.2 Å². The van der Waals surface area contributed by atoms with Gasteiger partial charge in [-0.15, -0.1) is 0 Å². The molecule has 1 aromatic rings. The van der Waals surface area contributed by atoms with Crippen molar-refractivity contribution in [1.82, 2.24) is 0 Å². The molecule has 2 heterocycles. The molecule has 2 fully saturated rings. The summed E-state index contributed by atoms with van der Waals surface area (Å²) in [7, 11) is 6.07. The minimum atomic E-state index is -0.191. The molecule has 2 saturated heterocycles. The van der Waals surface area contributed by atoms with Gasteiger partial charge < -0.3 is 38.6 Å². The number of aromatic hydroxyl groups is 1. The van der Waals surface area contributed by atoms with E-state index in [0.717, 1.165) is 5.56 Å². The maximum absolute atomic E-state index is 10.2. The van der Waals surface area contributed by atoms with Gasteiger partial charge in [0, 0.05) is 24.2 Å². The molecule has 0 saturated carbocycles. The molecule has 164 valence electrons. The van der Waals surface area contributed by atoms with Crippen LogP contribution in [0.1, 0.15) is 18.1 Å². The van der Waals surface area contributed by atoms with E-state index in [2.05, 4.69) is 0 Å². The minimum absolute atomic E-state index is 0.00652. The van der Waals surface area contributed by atoms with Crippen molar-refractivity contribution in [2.24, 2.45) is 17.8 Å². The fourth-order valence-electron chi connectivity index (χ4n) is 4.78. The second-order valence-electron chi connectivity index (χ2n) is 7.73. The first-order valence-electron chi connectivity index (χ1n) is 9.92. The fourth-order valence-corrected chi connectivity index (χ4v) is 4.78. The van der Waals surface area contributed by atoms with Gasteiger partial charge in [-0.05, 0) is 23.8 Å². The van der Waals surface area contributed by atoms with E-state index >= 15 is 0 Å². The number of hydrogen-bond donors (Lipinski definition) is 2. The van der Waals surface area contributed by atoms with Crippen LogP contribution in [-0.2, 0) is 18.9 Å². The first-order valence-corrected chi connectivity index (χ1v) is 9.92. The zero-order valence-electron chi connectivity index (χ0n) is 17.6. The second-order valence-corrected chi connectivity index (χ2v) is 7.73. The number of phenols is 1. The summed E-state index contributed by atoms with van der Waals surface area (Å²) in [4.78, 5) is 0. The summed E-state index contributed by atoms with van der Waals surface area (Å²) in [6.45, 7) is 1.10. The molecule has 0 aromatic heterocycles. The smallest absolute Gasteiger partial charge is 0.200 e. The van der Waals surface area contributed by atoms with Crippen LogP contribution in [0, 0.1) is 17.8 Å². The normalized spacial score (nSPS) is 30.7. The van der Waals surface area contributed by atoms with Gasteiger partial charge in [0.15, 0.2) is 23.0 Å². The van der Waals surface area contributed by atoms with Gasteiger partial charge in [0.2, 0.25) is 5.75 Å². The Morgan fingerprint density at radius 1 is 0.867 bits per heavy atom. The molecular formula is C22H28O8. The number of hydrogen-bond acceptors (Lipinski definition) is 8. The minimum Gasteiger partial charge on any atom is -0.502 e. The van der Waals surface area contributed by atoms with E-state index in [9.17, 15) is 10.2 Å². The average molecular weight is 420 g/mol. The molecule has 2 N–H and O–H groups in total. The molecule has 4 rings (SSSR count). The molecule has 2 aliphatic heterocycles. The van der Waals surface area contributed by atoms with E-state index in [0.29, 0.717) is 42.7 Å². The third kappa shape index (κ3) is 3.33. The van der Waals surface area contributed by atoms with Crippen LogP contribution in [0.15, 0.2) is 35.5 Å². The van der Waals surface area contributed by atoms with Crippen molar-refractivity contribution in [2.75, 3.05) is 41.7 Å². The third-order valence-electron chi connectivity index (χ3n) is 6.31. The molecule has 30 heavy (non-hydrogen) atoms. The Hall–Kier alpha value is -2.58. The van der Waals surface area contributed by atoms with E-state index < -0.39 is 0 Å². The number of methoxy groups -OCH3 is 4. The summed E-state index contributed by atoms with van der Waals surface area (Å²) in [5.74, 6) is 1.93. The molecule has 3 aliphatic rings. The van der Waals surface area contributed by atoms with Crippen LogP contribution in [0.2, 0.25) is 0 Å². The zero-order chi connectivity index (χ0) is 21.4. The van der Waals surface area contributed by atoms with Crippen LogP contribution in [0.4, 0.5) is 0 Å². The van der Waals surface area contributed by atoms with Gasteiger partial charge in [0.25, 0.3) is 0 Å². The summed E-state index contributed by atoms with van der Waals surface area (Å²) in [6.07, 6.45) is 2.17. The molecule has 0 bridgehead atoms.